The maximum atomic E-state index is 11.9. The van der Waals surface area contributed by atoms with E-state index >= 15 is 0 Å². The first kappa shape index (κ1) is 11.3. The Morgan fingerprint density at radius 1 is 1.50 bits per heavy atom. The van der Waals surface area contributed by atoms with E-state index in [1.165, 1.54) is 0 Å². The standard InChI is InChI=1S/C10H21N3O/c1-4-12(5-2)10(14)13-7-6-11-9(3)8-13/h9,11H,4-8H2,1-3H3/t9-/m0/s1. The molecule has 1 atom stereocenters. The molecule has 0 bridgehead atoms. The first-order valence-electron chi connectivity index (χ1n) is 5.46. The van der Waals surface area contributed by atoms with Gasteiger partial charge in [0.05, 0.1) is 0 Å². The SMILES string of the molecule is CCN(CC)C(=O)N1CCN[C@@H](C)C1. The van der Waals surface area contributed by atoms with E-state index in [9.17, 15) is 4.79 Å². The van der Waals surface area contributed by atoms with Gasteiger partial charge in [-0.2, -0.15) is 0 Å². The molecule has 1 aliphatic rings. The summed E-state index contributed by atoms with van der Waals surface area (Å²) in [5.74, 6) is 0. The summed E-state index contributed by atoms with van der Waals surface area (Å²) in [5.41, 5.74) is 0. The summed E-state index contributed by atoms with van der Waals surface area (Å²) >= 11 is 0. The lowest BCUT2D eigenvalue weighted by atomic mass is 10.2. The van der Waals surface area contributed by atoms with Crippen molar-refractivity contribution in [1.29, 1.82) is 0 Å². The second-order valence-electron chi connectivity index (χ2n) is 3.76. The Bertz CT molecular complexity index is 192. The lowest BCUT2D eigenvalue weighted by molar-refractivity contribution is 0.142. The van der Waals surface area contributed by atoms with E-state index in [0.717, 1.165) is 32.7 Å². The maximum Gasteiger partial charge on any atom is 0.320 e. The number of amides is 2. The van der Waals surface area contributed by atoms with Crippen molar-refractivity contribution < 1.29 is 4.79 Å². The molecule has 0 aromatic rings. The molecule has 1 rings (SSSR count). The molecular formula is C10H21N3O. The molecule has 0 aliphatic carbocycles. The minimum absolute atomic E-state index is 0.184. The van der Waals surface area contributed by atoms with Crippen LogP contribution in [0.5, 0.6) is 0 Å². The van der Waals surface area contributed by atoms with Gasteiger partial charge in [-0.1, -0.05) is 0 Å². The van der Waals surface area contributed by atoms with Gasteiger partial charge in [0.15, 0.2) is 0 Å². The molecule has 0 saturated carbocycles. The molecule has 0 aromatic heterocycles. The van der Waals surface area contributed by atoms with Crippen LogP contribution in [0, 0.1) is 0 Å². The van der Waals surface area contributed by atoms with Crippen LogP contribution in [-0.2, 0) is 0 Å². The van der Waals surface area contributed by atoms with Crippen molar-refractivity contribution in [2.24, 2.45) is 0 Å². The van der Waals surface area contributed by atoms with Crippen molar-refractivity contribution in [2.75, 3.05) is 32.7 Å². The van der Waals surface area contributed by atoms with Crippen LogP contribution in [-0.4, -0.2) is 54.6 Å². The third kappa shape index (κ3) is 2.61. The Balaban J connectivity index is 2.50. The molecule has 4 heteroatoms. The van der Waals surface area contributed by atoms with Gasteiger partial charge in [-0.3, -0.25) is 0 Å². The lowest BCUT2D eigenvalue weighted by Crippen LogP contribution is -2.54. The molecule has 1 fully saturated rings. The normalized spacial score (nSPS) is 22.2. The maximum absolute atomic E-state index is 11.9. The van der Waals surface area contributed by atoms with Gasteiger partial charge in [-0.25, -0.2) is 4.79 Å². The largest absolute Gasteiger partial charge is 0.325 e. The Labute approximate surface area is 86.2 Å². The van der Waals surface area contributed by atoms with Gasteiger partial charge in [-0.05, 0) is 20.8 Å². The van der Waals surface area contributed by atoms with Crippen LogP contribution in [0.25, 0.3) is 0 Å². The zero-order valence-corrected chi connectivity index (χ0v) is 9.42. The number of carbonyl (C=O) groups is 1. The van der Waals surface area contributed by atoms with Crippen molar-refractivity contribution in [3.8, 4) is 0 Å². The molecule has 1 saturated heterocycles. The fourth-order valence-electron chi connectivity index (χ4n) is 1.80. The number of carbonyl (C=O) groups excluding carboxylic acids is 1. The number of hydrogen-bond acceptors (Lipinski definition) is 2. The monoisotopic (exact) mass is 199 g/mol. The molecule has 1 aliphatic heterocycles. The molecule has 0 aromatic carbocycles. The summed E-state index contributed by atoms with van der Waals surface area (Å²) in [4.78, 5) is 15.7. The molecular weight excluding hydrogens is 178 g/mol. The third-order valence-corrected chi connectivity index (χ3v) is 2.67. The number of piperazine rings is 1. The topological polar surface area (TPSA) is 35.6 Å². The van der Waals surface area contributed by atoms with Gasteiger partial charge in [0.1, 0.15) is 0 Å². The Morgan fingerprint density at radius 3 is 2.64 bits per heavy atom. The first-order valence-corrected chi connectivity index (χ1v) is 5.46. The Morgan fingerprint density at radius 2 is 2.14 bits per heavy atom. The minimum atomic E-state index is 0.184. The Hall–Kier alpha value is -0.770. The van der Waals surface area contributed by atoms with Crippen molar-refractivity contribution >= 4 is 6.03 Å². The van der Waals surface area contributed by atoms with E-state index in [1.807, 2.05) is 23.6 Å². The number of nitrogens with one attached hydrogen (secondary N) is 1. The van der Waals surface area contributed by atoms with Crippen molar-refractivity contribution in [1.82, 2.24) is 15.1 Å². The molecule has 1 heterocycles. The number of nitrogens with zero attached hydrogens (tertiary/aromatic N) is 2. The molecule has 0 radical (unpaired) electrons. The molecule has 1 N–H and O–H groups in total. The van der Waals surface area contributed by atoms with E-state index in [0.29, 0.717) is 6.04 Å². The summed E-state index contributed by atoms with van der Waals surface area (Å²) in [6.45, 7) is 10.3. The van der Waals surface area contributed by atoms with Gasteiger partial charge in [-0.15, -0.1) is 0 Å². The number of urea groups is 1. The van der Waals surface area contributed by atoms with Crippen LogP contribution in [0.2, 0.25) is 0 Å². The van der Waals surface area contributed by atoms with E-state index in [2.05, 4.69) is 12.2 Å². The average molecular weight is 199 g/mol. The summed E-state index contributed by atoms with van der Waals surface area (Å²) in [5, 5.41) is 3.33. The lowest BCUT2D eigenvalue weighted by Gasteiger charge is -2.35. The minimum Gasteiger partial charge on any atom is -0.325 e. The molecule has 2 amide bonds. The van der Waals surface area contributed by atoms with Crippen molar-refractivity contribution in [3.63, 3.8) is 0 Å². The van der Waals surface area contributed by atoms with Gasteiger partial charge < -0.3 is 15.1 Å². The van der Waals surface area contributed by atoms with Crippen LogP contribution in [0.1, 0.15) is 20.8 Å². The molecule has 0 unspecified atom stereocenters. The number of rotatable bonds is 2. The highest BCUT2D eigenvalue weighted by Crippen LogP contribution is 2.03. The van der Waals surface area contributed by atoms with Gasteiger partial charge in [0.2, 0.25) is 0 Å². The summed E-state index contributed by atoms with van der Waals surface area (Å²) in [7, 11) is 0. The smallest absolute Gasteiger partial charge is 0.320 e. The van der Waals surface area contributed by atoms with E-state index in [4.69, 9.17) is 0 Å². The summed E-state index contributed by atoms with van der Waals surface area (Å²) in [6, 6.07) is 0.603. The quantitative estimate of drug-likeness (QED) is 0.712. The number of hydrogen-bond donors (Lipinski definition) is 1. The first-order chi connectivity index (χ1) is 6.69. The van der Waals surface area contributed by atoms with Gasteiger partial charge in [0, 0.05) is 38.8 Å². The van der Waals surface area contributed by atoms with E-state index in [1.54, 1.807) is 0 Å². The average Bonchev–Trinajstić information content (AvgIpc) is 2.19. The van der Waals surface area contributed by atoms with Crippen LogP contribution in [0.15, 0.2) is 0 Å². The Kier molecular flexibility index (Phi) is 4.20. The fraction of sp³-hybridized carbons (Fsp3) is 0.900. The predicted molar refractivity (Wildman–Crippen MR) is 57.4 cm³/mol. The van der Waals surface area contributed by atoms with Crippen LogP contribution in [0.3, 0.4) is 0 Å². The molecule has 4 nitrogen and oxygen atoms in total. The zero-order chi connectivity index (χ0) is 10.6. The highest BCUT2D eigenvalue weighted by Gasteiger charge is 2.23. The zero-order valence-electron chi connectivity index (χ0n) is 9.42. The second-order valence-corrected chi connectivity index (χ2v) is 3.76. The molecule has 82 valence electrons. The van der Waals surface area contributed by atoms with Gasteiger partial charge in [0.25, 0.3) is 0 Å². The molecule has 14 heavy (non-hydrogen) atoms. The fourth-order valence-corrected chi connectivity index (χ4v) is 1.80. The summed E-state index contributed by atoms with van der Waals surface area (Å²) < 4.78 is 0. The van der Waals surface area contributed by atoms with Crippen molar-refractivity contribution in [3.05, 3.63) is 0 Å². The highest BCUT2D eigenvalue weighted by molar-refractivity contribution is 5.74. The molecule has 0 spiro atoms. The predicted octanol–water partition coefficient (Wildman–Crippen LogP) is 0.742. The second kappa shape index (κ2) is 5.20. The highest BCUT2D eigenvalue weighted by atomic mass is 16.2. The van der Waals surface area contributed by atoms with Gasteiger partial charge >= 0.3 is 6.03 Å². The third-order valence-electron chi connectivity index (χ3n) is 2.67. The van der Waals surface area contributed by atoms with Crippen molar-refractivity contribution in [2.45, 2.75) is 26.8 Å². The van der Waals surface area contributed by atoms with Crippen LogP contribution < -0.4 is 5.32 Å². The summed E-state index contributed by atoms with van der Waals surface area (Å²) in [6.07, 6.45) is 0. The van der Waals surface area contributed by atoms with E-state index in [-0.39, 0.29) is 6.03 Å². The van der Waals surface area contributed by atoms with E-state index < -0.39 is 0 Å². The van der Waals surface area contributed by atoms with Crippen LogP contribution in [0.4, 0.5) is 4.79 Å². The van der Waals surface area contributed by atoms with Crippen LogP contribution >= 0.6 is 0 Å².